The molecule has 1 N–H and O–H groups in total. The molecule has 3 heterocycles. The molecule has 0 saturated heterocycles. The fraction of sp³-hybridized carbons (Fsp3) is 0.619. The molecule has 7 heteroatoms. The van der Waals surface area contributed by atoms with E-state index in [0.717, 1.165) is 53.7 Å². The molecule has 0 bridgehead atoms. The SMILES string of the molecule is Cc1cc2c(nc1NC(=O)CC(C)(C)C)CCCN2Cc1nc(C(C)C)ns1. The summed E-state index contributed by atoms with van der Waals surface area (Å²) in [6, 6.07) is 2.15. The zero-order valence-corrected chi connectivity index (χ0v) is 18.6. The Kier molecular flexibility index (Phi) is 6.03. The minimum Gasteiger partial charge on any atom is -0.363 e. The van der Waals surface area contributed by atoms with Crippen molar-refractivity contribution in [2.24, 2.45) is 5.41 Å². The molecular formula is C21H31N5OS. The Balaban J connectivity index is 1.78. The molecule has 0 aliphatic carbocycles. The molecule has 6 nitrogen and oxygen atoms in total. The molecule has 0 fully saturated rings. The molecule has 1 aliphatic heterocycles. The van der Waals surface area contributed by atoms with Gasteiger partial charge in [0.2, 0.25) is 5.91 Å². The molecule has 0 spiro atoms. The summed E-state index contributed by atoms with van der Waals surface area (Å²) in [6.07, 6.45) is 2.46. The molecule has 1 amide bonds. The molecule has 1 aliphatic rings. The number of pyridine rings is 1. The maximum atomic E-state index is 12.3. The normalized spacial score (nSPS) is 14.3. The van der Waals surface area contributed by atoms with E-state index in [1.807, 2.05) is 6.92 Å². The summed E-state index contributed by atoms with van der Waals surface area (Å²) < 4.78 is 4.47. The molecular weight excluding hydrogens is 370 g/mol. The number of rotatable bonds is 5. The molecule has 152 valence electrons. The molecule has 2 aromatic heterocycles. The summed E-state index contributed by atoms with van der Waals surface area (Å²) in [5.41, 5.74) is 3.16. The highest BCUT2D eigenvalue weighted by Gasteiger charge is 2.23. The number of aromatic nitrogens is 3. The summed E-state index contributed by atoms with van der Waals surface area (Å²) >= 11 is 1.49. The second-order valence-corrected chi connectivity index (χ2v) is 9.97. The van der Waals surface area contributed by atoms with Crippen LogP contribution in [0.5, 0.6) is 0 Å². The summed E-state index contributed by atoms with van der Waals surface area (Å²) in [5, 5.41) is 4.05. The van der Waals surface area contributed by atoms with Crippen molar-refractivity contribution in [3.05, 3.63) is 28.2 Å². The van der Waals surface area contributed by atoms with Crippen LogP contribution in [0.2, 0.25) is 0 Å². The molecule has 0 aromatic carbocycles. The molecule has 0 radical (unpaired) electrons. The van der Waals surface area contributed by atoms with Gasteiger partial charge in [0.05, 0.1) is 17.9 Å². The average molecular weight is 402 g/mol. The van der Waals surface area contributed by atoms with Gasteiger partial charge < -0.3 is 10.2 Å². The van der Waals surface area contributed by atoms with Gasteiger partial charge in [-0.25, -0.2) is 9.97 Å². The first kappa shape index (κ1) is 20.7. The monoisotopic (exact) mass is 401 g/mol. The molecule has 3 rings (SSSR count). The fourth-order valence-electron chi connectivity index (χ4n) is 3.33. The number of nitrogens with zero attached hydrogens (tertiary/aromatic N) is 4. The Morgan fingerprint density at radius 1 is 1.32 bits per heavy atom. The van der Waals surface area contributed by atoms with E-state index in [-0.39, 0.29) is 11.3 Å². The maximum absolute atomic E-state index is 12.3. The van der Waals surface area contributed by atoms with Crippen LogP contribution in [0.1, 0.15) is 75.5 Å². The van der Waals surface area contributed by atoms with Crippen LogP contribution < -0.4 is 10.2 Å². The van der Waals surface area contributed by atoms with Crippen LogP contribution in [0.4, 0.5) is 11.5 Å². The smallest absolute Gasteiger partial charge is 0.226 e. The minimum atomic E-state index is -0.0421. The van der Waals surface area contributed by atoms with Crippen molar-refractivity contribution >= 4 is 28.9 Å². The van der Waals surface area contributed by atoms with Crippen LogP contribution in [0.3, 0.4) is 0 Å². The van der Waals surface area contributed by atoms with Gasteiger partial charge in [-0.1, -0.05) is 34.6 Å². The van der Waals surface area contributed by atoms with Crippen molar-refractivity contribution in [3.8, 4) is 0 Å². The average Bonchev–Trinajstić information content (AvgIpc) is 3.03. The van der Waals surface area contributed by atoms with Crippen molar-refractivity contribution in [3.63, 3.8) is 0 Å². The number of carbonyl (C=O) groups excluding carboxylic acids is 1. The summed E-state index contributed by atoms with van der Waals surface area (Å²) in [7, 11) is 0. The topological polar surface area (TPSA) is 71.0 Å². The molecule has 28 heavy (non-hydrogen) atoms. The van der Waals surface area contributed by atoms with Gasteiger partial charge >= 0.3 is 0 Å². The van der Waals surface area contributed by atoms with E-state index in [1.54, 1.807) is 0 Å². The van der Waals surface area contributed by atoms with Crippen LogP contribution in [0, 0.1) is 12.3 Å². The number of hydrogen-bond acceptors (Lipinski definition) is 6. The lowest BCUT2D eigenvalue weighted by molar-refractivity contribution is -0.117. The number of fused-ring (bicyclic) bond motifs is 1. The predicted molar refractivity (Wildman–Crippen MR) is 115 cm³/mol. The van der Waals surface area contributed by atoms with Crippen molar-refractivity contribution in [2.75, 3.05) is 16.8 Å². The Bertz CT molecular complexity index is 853. The number of carbonyl (C=O) groups is 1. The van der Waals surface area contributed by atoms with E-state index in [2.05, 4.69) is 60.3 Å². The van der Waals surface area contributed by atoms with Crippen LogP contribution >= 0.6 is 11.5 Å². The Hall–Kier alpha value is -2.02. The van der Waals surface area contributed by atoms with Crippen molar-refractivity contribution < 1.29 is 4.79 Å². The van der Waals surface area contributed by atoms with Gasteiger partial charge in [0.25, 0.3) is 0 Å². The third-order valence-electron chi connectivity index (χ3n) is 4.73. The van der Waals surface area contributed by atoms with Crippen LogP contribution in [0.25, 0.3) is 0 Å². The zero-order chi connectivity index (χ0) is 20.5. The molecule has 0 atom stereocenters. The van der Waals surface area contributed by atoms with E-state index in [4.69, 9.17) is 4.98 Å². The van der Waals surface area contributed by atoms with E-state index < -0.39 is 0 Å². The lowest BCUT2D eigenvalue weighted by Crippen LogP contribution is -2.30. The van der Waals surface area contributed by atoms with Gasteiger partial charge in [0, 0.05) is 18.9 Å². The third-order valence-corrected chi connectivity index (χ3v) is 5.44. The highest BCUT2D eigenvalue weighted by atomic mass is 32.1. The lowest BCUT2D eigenvalue weighted by Gasteiger charge is -2.30. The quantitative estimate of drug-likeness (QED) is 0.787. The van der Waals surface area contributed by atoms with Gasteiger partial charge in [0.1, 0.15) is 16.6 Å². The van der Waals surface area contributed by atoms with Gasteiger partial charge in [-0.15, -0.1) is 0 Å². The second kappa shape index (κ2) is 8.15. The Labute approximate surface area is 172 Å². The number of amides is 1. The zero-order valence-electron chi connectivity index (χ0n) is 17.8. The first-order chi connectivity index (χ1) is 13.1. The third kappa shape index (κ3) is 5.07. The number of hydrogen-bond donors (Lipinski definition) is 1. The first-order valence-corrected chi connectivity index (χ1v) is 10.8. The van der Waals surface area contributed by atoms with Crippen LogP contribution in [0.15, 0.2) is 6.07 Å². The highest BCUT2D eigenvalue weighted by molar-refractivity contribution is 7.05. The number of aryl methyl sites for hydroxylation is 2. The van der Waals surface area contributed by atoms with E-state index in [1.165, 1.54) is 11.5 Å². The Morgan fingerprint density at radius 3 is 2.71 bits per heavy atom. The summed E-state index contributed by atoms with van der Waals surface area (Å²) in [4.78, 5) is 24.2. The molecule has 0 unspecified atom stereocenters. The second-order valence-electron chi connectivity index (χ2n) is 9.13. The van der Waals surface area contributed by atoms with E-state index >= 15 is 0 Å². The van der Waals surface area contributed by atoms with E-state index in [0.29, 0.717) is 18.2 Å². The summed E-state index contributed by atoms with van der Waals surface area (Å²) in [6.45, 7) is 14.2. The first-order valence-electron chi connectivity index (χ1n) is 10.00. The van der Waals surface area contributed by atoms with Crippen LogP contribution in [-0.2, 0) is 17.8 Å². The van der Waals surface area contributed by atoms with Gasteiger partial charge in [-0.2, -0.15) is 4.37 Å². The molecule has 2 aromatic rings. The van der Waals surface area contributed by atoms with Gasteiger partial charge in [-0.3, -0.25) is 4.79 Å². The fourth-order valence-corrected chi connectivity index (χ4v) is 4.13. The van der Waals surface area contributed by atoms with Crippen molar-refractivity contribution in [1.82, 2.24) is 14.3 Å². The number of nitrogens with one attached hydrogen (secondary N) is 1. The maximum Gasteiger partial charge on any atom is 0.226 e. The standard InChI is InChI=1S/C21H31N5OS/c1-13(2)19-24-18(28-25-19)12-26-9-7-8-15-16(26)10-14(3)20(22-15)23-17(27)11-21(4,5)6/h10,13H,7-9,11-12H2,1-6H3,(H,22,23,27). The highest BCUT2D eigenvalue weighted by Crippen LogP contribution is 2.31. The van der Waals surface area contributed by atoms with Gasteiger partial charge in [0.15, 0.2) is 0 Å². The largest absolute Gasteiger partial charge is 0.363 e. The van der Waals surface area contributed by atoms with Gasteiger partial charge in [-0.05, 0) is 48.3 Å². The predicted octanol–water partition coefficient (Wildman–Crippen LogP) is 4.69. The summed E-state index contributed by atoms with van der Waals surface area (Å²) in [5.74, 6) is 1.98. The van der Waals surface area contributed by atoms with Crippen molar-refractivity contribution in [1.29, 1.82) is 0 Å². The van der Waals surface area contributed by atoms with Crippen LogP contribution in [-0.4, -0.2) is 26.8 Å². The molecule has 0 saturated carbocycles. The Morgan fingerprint density at radius 2 is 2.07 bits per heavy atom. The lowest BCUT2D eigenvalue weighted by atomic mass is 9.92. The van der Waals surface area contributed by atoms with Crippen molar-refractivity contribution in [2.45, 2.75) is 73.3 Å². The minimum absolute atomic E-state index is 0.0193. The number of anilines is 2. The van der Waals surface area contributed by atoms with E-state index in [9.17, 15) is 4.79 Å².